The van der Waals surface area contributed by atoms with Crippen molar-refractivity contribution in [3.05, 3.63) is 29.3 Å². The van der Waals surface area contributed by atoms with Gasteiger partial charge in [-0.15, -0.1) is 0 Å². The van der Waals surface area contributed by atoms with Gasteiger partial charge in [-0.05, 0) is 45.6 Å². The summed E-state index contributed by atoms with van der Waals surface area (Å²) in [7, 11) is 4.97. The number of hydrogen-bond acceptors (Lipinski definition) is 4. The third kappa shape index (κ3) is 2.77. The number of ether oxygens (including phenoxy) is 4. The Bertz CT molecular complexity index is 647. The van der Waals surface area contributed by atoms with E-state index in [0.717, 1.165) is 24.2 Å². The topological polar surface area (TPSA) is 36.9 Å². The quantitative estimate of drug-likeness (QED) is 0.759. The van der Waals surface area contributed by atoms with Crippen LogP contribution in [0.5, 0.6) is 17.2 Å². The monoisotopic (exact) mass is 332 g/mol. The number of methoxy groups -OCH3 is 3. The number of benzene rings is 1. The lowest BCUT2D eigenvalue weighted by molar-refractivity contribution is -0.167. The highest BCUT2D eigenvalue weighted by molar-refractivity contribution is 5.52. The molecule has 1 aliphatic heterocycles. The van der Waals surface area contributed by atoms with Crippen molar-refractivity contribution >= 4 is 0 Å². The maximum absolute atomic E-state index is 6.60. The first-order valence-corrected chi connectivity index (χ1v) is 8.55. The summed E-state index contributed by atoms with van der Waals surface area (Å²) in [5, 5.41) is 0. The summed E-state index contributed by atoms with van der Waals surface area (Å²) in [6, 6.07) is 3.89. The molecule has 1 aromatic rings. The van der Waals surface area contributed by atoms with Gasteiger partial charge in [-0.1, -0.05) is 11.6 Å². The lowest BCUT2D eigenvalue weighted by Crippen LogP contribution is -2.45. The van der Waals surface area contributed by atoms with E-state index in [0.29, 0.717) is 23.3 Å². The maximum Gasteiger partial charge on any atom is 0.164 e. The molecule has 3 atom stereocenters. The molecule has 0 unspecified atom stereocenters. The smallest absolute Gasteiger partial charge is 0.164 e. The summed E-state index contributed by atoms with van der Waals surface area (Å²) in [5.74, 6) is 3.10. The molecule has 0 amide bonds. The molecule has 132 valence electrons. The molecule has 0 N–H and O–H groups in total. The molecule has 24 heavy (non-hydrogen) atoms. The van der Waals surface area contributed by atoms with Gasteiger partial charge in [0.05, 0.1) is 33.0 Å². The van der Waals surface area contributed by atoms with E-state index in [9.17, 15) is 0 Å². The van der Waals surface area contributed by atoms with Crippen molar-refractivity contribution in [1.29, 1.82) is 0 Å². The molecule has 1 aromatic carbocycles. The van der Waals surface area contributed by atoms with Crippen molar-refractivity contribution in [3.8, 4) is 17.2 Å². The zero-order valence-electron chi connectivity index (χ0n) is 15.5. The number of rotatable bonds is 4. The first kappa shape index (κ1) is 17.2. The molecule has 3 rings (SSSR count). The predicted molar refractivity (Wildman–Crippen MR) is 94.0 cm³/mol. The van der Waals surface area contributed by atoms with Crippen LogP contribution in [0.1, 0.15) is 45.3 Å². The first-order valence-electron chi connectivity index (χ1n) is 8.55. The van der Waals surface area contributed by atoms with Gasteiger partial charge in [-0.2, -0.15) is 0 Å². The molecule has 0 radical (unpaired) electrons. The van der Waals surface area contributed by atoms with Gasteiger partial charge >= 0.3 is 0 Å². The second kappa shape index (κ2) is 6.32. The number of hydrogen-bond donors (Lipinski definition) is 0. The normalized spacial score (nSPS) is 28.1. The lowest BCUT2D eigenvalue weighted by Gasteiger charge is -2.49. The molecular weight excluding hydrogens is 304 g/mol. The highest BCUT2D eigenvalue weighted by Crippen LogP contribution is 2.53. The van der Waals surface area contributed by atoms with Gasteiger partial charge in [0.1, 0.15) is 5.75 Å². The van der Waals surface area contributed by atoms with E-state index in [2.05, 4.69) is 26.8 Å². The molecular formula is C20H28O4. The molecule has 0 saturated carbocycles. The van der Waals surface area contributed by atoms with E-state index >= 15 is 0 Å². The van der Waals surface area contributed by atoms with Gasteiger partial charge in [0, 0.05) is 17.5 Å². The van der Waals surface area contributed by atoms with Gasteiger partial charge in [0.25, 0.3) is 0 Å². The van der Waals surface area contributed by atoms with E-state index in [-0.39, 0.29) is 11.7 Å². The molecule has 1 aliphatic carbocycles. The largest absolute Gasteiger partial charge is 0.496 e. The fourth-order valence-corrected chi connectivity index (χ4v) is 4.06. The van der Waals surface area contributed by atoms with Crippen molar-refractivity contribution in [1.82, 2.24) is 0 Å². The van der Waals surface area contributed by atoms with Gasteiger partial charge in [0.15, 0.2) is 11.5 Å². The van der Waals surface area contributed by atoms with Crippen LogP contribution in [0.2, 0.25) is 0 Å². The molecule has 4 nitrogen and oxygen atoms in total. The van der Waals surface area contributed by atoms with Crippen LogP contribution >= 0.6 is 0 Å². The van der Waals surface area contributed by atoms with Crippen LogP contribution < -0.4 is 14.2 Å². The Balaban J connectivity index is 2.09. The third-order valence-corrected chi connectivity index (χ3v) is 5.67. The Hall–Kier alpha value is -1.68. The maximum atomic E-state index is 6.60. The molecule has 2 bridgehead atoms. The standard InChI is InChI=1S/C20H28O4/c1-12-7-8-13-9-14(12)19(24-20(13,2)3)15-10-17(22-5)18(23-6)11-16(15)21-4/h7,10-11,13-14,19H,8-9H2,1-6H3/t13-,14-,19-/m1/s1. The SMILES string of the molecule is COc1cc(OC)c([C@@H]2OC(C)(C)[C@@H]3CC=C(C)[C@H]2C3)cc1OC. The van der Waals surface area contributed by atoms with Crippen molar-refractivity contribution in [3.63, 3.8) is 0 Å². The minimum atomic E-state index is -0.156. The molecule has 0 aromatic heterocycles. The van der Waals surface area contributed by atoms with E-state index in [4.69, 9.17) is 18.9 Å². The highest BCUT2D eigenvalue weighted by atomic mass is 16.5. The highest BCUT2D eigenvalue weighted by Gasteiger charge is 2.46. The van der Waals surface area contributed by atoms with Crippen molar-refractivity contribution in [2.45, 2.75) is 45.3 Å². The lowest BCUT2D eigenvalue weighted by atomic mass is 9.68. The molecule has 1 heterocycles. The Morgan fingerprint density at radius 2 is 1.62 bits per heavy atom. The molecule has 0 spiro atoms. The zero-order chi connectivity index (χ0) is 17.5. The summed E-state index contributed by atoms with van der Waals surface area (Å²) in [4.78, 5) is 0. The first-order chi connectivity index (χ1) is 11.4. The summed E-state index contributed by atoms with van der Waals surface area (Å²) >= 11 is 0. The van der Waals surface area contributed by atoms with E-state index in [1.807, 2.05) is 12.1 Å². The molecule has 4 heteroatoms. The fraction of sp³-hybridized carbons (Fsp3) is 0.600. The fourth-order valence-electron chi connectivity index (χ4n) is 4.06. The van der Waals surface area contributed by atoms with E-state index in [1.54, 1.807) is 21.3 Å². The Morgan fingerprint density at radius 3 is 2.25 bits per heavy atom. The van der Waals surface area contributed by atoms with Crippen LogP contribution in [0.15, 0.2) is 23.8 Å². The minimum absolute atomic E-state index is 0.0393. The molecule has 2 aliphatic rings. The molecule has 1 fully saturated rings. The second-order valence-corrected chi connectivity index (χ2v) is 7.31. The summed E-state index contributed by atoms with van der Waals surface area (Å²) < 4.78 is 23.1. The Kier molecular flexibility index (Phi) is 4.52. The van der Waals surface area contributed by atoms with Crippen LogP contribution in [0, 0.1) is 11.8 Å². The van der Waals surface area contributed by atoms with Crippen molar-refractivity contribution in [2.24, 2.45) is 11.8 Å². The summed E-state index contributed by atoms with van der Waals surface area (Å²) in [6.07, 6.45) is 4.59. The van der Waals surface area contributed by atoms with E-state index in [1.165, 1.54) is 5.57 Å². The number of allylic oxidation sites excluding steroid dienone is 1. The minimum Gasteiger partial charge on any atom is -0.496 e. The van der Waals surface area contributed by atoms with Gasteiger partial charge in [-0.25, -0.2) is 0 Å². The van der Waals surface area contributed by atoms with E-state index < -0.39 is 0 Å². The second-order valence-electron chi connectivity index (χ2n) is 7.31. The Labute approximate surface area is 144 Å². The molecule has 1 saturated heterocycles. The van der Waals surface area contributed by atoms with Crippen molar-refractivity contribution in [2.75, 3.05) is 21.3 Å². The Morgan fingerprint density at radius 1 is 1.00 bits per heavy atom. The van der Waals surface area contributed by atoms with Gasteiger partial charge in [0.2, 0.25) is 0 Å². The van der Waals surface area contributed by atoms with Gasteiger partial charge < -0.3 is 18.9 Å². The average Bonchev–Trinajstić information content (AvgIpc) is 2.58. The van der Waals surface area contributed by atoms with Gasteiger partial charge in [-0.3, -0.25) is 0 Å². The zero-order valence-corrected chi connectivity index (χ0v) is 15.5. The third-order valence-electron chi connectivity index (χ3n) is 5.67. The van der Waals surface area contributed by atoms with Crippen LogP contribution in [0.4, 0.5) is 0 Å². The van der Waals surface area contributed by atoms with Crippen LogP contribution in [-0.4, -0.2) is 26.9 Å². The van der Waals surface area contributed by atoms with Crippen molar-refractivity contribution < 1.29 is 18.9 Å². The average molecular weight is 332 g/mol. The number of fused-ring (bicyclic) bond motifs is 2. The summed E-state index contributed by atoms with van der Waals surface area (Å²) in [6.45, 7) is 6.61. The van der Waals surface area contributed by atoms with Crippen LogP contribution in [0.25, 0.3) is 0 Å². The van der Waals surface area contributed by atoms with Crippen LogP contribution in [0.3, 0.4) is 0 Å². The van der Waals surface area contributed by atoms with Crippen LogP contribution in [-0.2, 0) is 4.74 Å². The predicted octanol–water partition coefficient (Wildman–Crippen LogP) is 4.53. The summed E-state index contributed by atoms with van der Waals surface area (Å²) in [5.41, 5.74) is 2.28.